The molecule has 2 aromatic rings. The third-order valence-electron chi connectivity index (χ3n) is 2.80. The minimum absolute atomic E-state index is 0.0901. The molecule has 5 nitrogen and oxygen atoms in total. The molecule has 0 radical (unpaired) electrons. The first kappa shape index (κ1) is 13.9. The Morgan fingerprint density at radius 1 is 1.25 bits per heavy atom. The summed E-state index contributed by atoms with van der Waals surface area (Å²) >= 11 is 0. The fraction of sp³-hybridized carbons (Fsp3) is 0.200. The second-order valence-corrected chi connectivity index (χ2v) is 4.71. The molecule has 20 heavy (non-hydrogen) atoms. The van der Waals surface area contributed by atoms with Crippen molar-refractivity contribution in [1.82, 2.24) is 9.88 Å². The van der Waals surface area contributed by atoms with E-state index in [0.717, 1.165) is 5.56 Å². The number of amides is 1. The van der Waals surface area contributed by atoms with Crippen LogP contribution in [0, 0.1) is 6.92 Å². The van der Waals surface area contributed by atoms with E-state index in [2.05, 4.69) is 4.98 Å². The maximum Gasteiger partial charge on any atom is 0.254 e. The number of anilines is 1. The number of aryl methyl sites for hydroxylation is 1. The highest BCUT2D eigenvalue weighted by atomic mass is 16.5. The van der Waals surface area contributed by atoms with Crippen LogP contribution in [-0.4, -0.2) is 29.9 Å². The Labute approximate surface area is 118 Å². The Balaban J connectivity index is 2.17. The quantitative estimate of drug-likeness (QED) is 0.871. The van der Waals surface area contributed by atoms with Gasteiger partial charge in [0.2, 0.25) is 5.88 Å². The van der Waals surface area contributed by atoms with Crippen molar-refractivity contribution in [2.45, 2.75) is 6.92 Å². The normalized spacial score (nSPS) is 10.2. The Morgan fingerprint density at radius 2 is 2.00 bits per heavy atom. The lowest BCUT2D eigenvalue weighted by Crippen LogP contribution is -2.21. The summed E-state index contributed by atoms with van der Waals surface area (Å²) in [5, 5.41) is 0. The molecule has 0 saturated heterocycles. The average Bonchev–Trinajstić information content (AvgIpc) is 2.42. The summed E-state index contributed by atoms with van der Waals surface area (Å²) in [4.78, 5) is 17.4. The van der Waals surface area contributed by atoms with E-state index in [1.54, 1.807) is 38.4 Å². The van der Waals surface area contributed by atoms with Crippen molar-refractivity contribution in [3.8, 4) is 11.6 Å². The number of rotatable bonds is 3. The van der Waals surface area contributed by atoms with Gasteiger partial charge in [-0.05, 0) is 36.8 Å². The number of ether oxygens (including phenoxy) is 1. The number of benzene rings is 1. The highest BCUT2D eigenvalue weighted by molar-refractivity contribution is 5.93. The fourth-order valence-corrected chi connectivity index (χ4v) is 1.73. The number of pyridine rings is 1. The summed E-state index contributed by atoms with van der Waals surface area (Å²) < 4.78 is 5.67. The molecule has 0 spiro atoms. The number of nitrogen functional groups attached to an aromatic ring is 1. The largest absolute Gasteiger partial charge is 0.439 e. The van der Waals surface area contributed by atoms with Gasteiger partial charge in [0.05, 0.1) is 5.56 Å². The van der Waals surface area contributed by atoms with E-state index in [0.29, 0.717) is 22.9 Å². The van der Waals surface area contributed by atoms with E-state index in [1.807, 2.05) is 13.0 Å². The van der Waals surface area contributed by atoms with Crippen LogP contribution in [0.3, 0.4) is 0 Å². The summed E-state index contributed by atoms with van der Waals surface area (Å²) in [6.07, 6.45) is 1.50. The molecule has 0 aliphatic heterocycles. The molecule has 2 N–H and O–H groups in total. The average molecular weight is 271 g/mol. The van der Waals surface area contributed by atoms with E-state index >= 15 is 0 Å². The van der Waals surface area contributed by atoms with Crippen LogP contribution in [0.25, 0.3) is 0 Å². The van der Waals surface area contributed by atoms with Gasteiger partial charge in [0.25, 0.3) is 5.91 Å². The van der Waals surface area contributed by atoms with Crippen LogP contribution in [-0.2, 0) is 0 Å². The first-order valence-corrected chi connectivity index (χ1v) is 6.19. The molecule has 2 rings (SSSR count). The first-order valence-electron chi connectivity index (χ1n) is 6.19. The van der Waals surface area contributed by atoms with Gasteiger partial charge in [-0.1, -0.05) is 0 Å². The molecule has 5 heteroatoms. The zero-order chi connectivity index (χ0) is 14.7. The van der Waals surface area contributed by atoms with Gasteiger partial charge in [-0.2, -0.15) is 0 Å². The van der Waals surface area contributed by atoms with Crippen molar-refractivity contribution >= 4 is 11.6 Å². The minimum atomic E-state index is -0.0901. The number of nitrogens with two attached hydrogens (primary N) is 1. The zero-order valence-electron chi connectivity index (χ0n) is 11.8. The van der Waals surface area contributed by atoms with Crippen molar-refractivity contribution in [2.24, 2.45) is 0 Å². The topological polar surface area (TPSA) is 68.5 Å². The lowest BCUT2D eigenvalue weighted by atomic mass is 10.2. The number of carbonyl (C=O) groups excluding carboxylic acids is 1. The van der Waals surface area contributed by atoms with Crippen molar-refractivity contribution in [3.05, 3.63) is 47.7 Å². The Kier molecular flexibility index (Phi) is 3.89. The summed E-state index contributed by atoms with van der Waals surface area (Å²) in [5.41, 5.74) is 7.83. The molecule has 0 unspecified atom stereocenters. The van der Waals surface area contributed by atoms with Gasteiger partial charge in [0.1, 0.15) is 5.75 Å². The lowest BCUT2D eigenvalue weighted by Gasteiger charge is -2.11. The summed E-state index contributed by atoms with van der Waals surface area (Å²) in [5.74, 6) is 1.04. The van der Waals surface area contributed by atoms with Crippen LogP contribution >= 0.6 is 0 Å². The van der Waals surface area contributed by atoms with Crippen LogP contribution in [0.2, 0.25) is 0 Å². The lowest BCUT2D eigenvalue weighted by molar-refractivity contribution is 0.0827. The van der Waals surface area contributed by atoms with Crippen molar-refractivity contribution in [3.63, 3.8) is 0 Å². The molecule has 0 aliphatic carbocycles. The summed E-state index contributed by atoms with van der Waals surface area (Å²) in [7, 11) is 3.40. The van der Waals surface area contributed by atoms with E-state index in [-0.39, 0.29) is 5.91 Å². The van der Waals surface area contributed by atoms with E-state index in [1.165, 1.54) is 11.1 Å². The van der Waals surface area contributed by atoms with Gasteiger partial charge in [-0.25, -0.2) is 4.98 Å². The summed E-state index contributed by atoms with van der Waals surface area (Å²) in [6.45, 7) is 1.91. The highest BCUT2D eigenvalue weighted by Crippen LogP contribution is 2.25. The van der Waals surface area contributed by atoms with Gasteiger partial charge in [0.15, 0.2) is 0 Å². The number of nitrogens with zero attached hydrogens (tertiary/aromatic N) is 2. The first-order chi connectivity index (χ1) is 9.47. The molecule has 0 aliphatic rings. The zero-order valence-corrected chi connectivity index (χ0v) is 11.8. The second-order valence-electron chi connectivity index (χ2n) is 4.71. The molecule has 1 heterocycles. The minimum Gasteiger partial charge on any atom is -0.439 e. The SMILES string of the molecule is Cc1cc(N)ccc1Oc1ccc(C(=O)N(C)C)cn1. The fourth-order valence-electron chi connectivity index (χ4n) is 1.73. The Hall–Kier alpha value is -2.56. The molecule has 1 aromatic carbocycles. The van der Waals surface area contributed by atoms with Crippen LogP contribution in [0.1, 0.15) is 15.9 Å². The highest BCUT2D eigenvalue weighted by Gasteiger charge is 2.09. The predicted molar refractivity (Wildman–Crippen MR) is 77.9 cm³/mol. The number of hydrogen-bond acceptors (Lipinski definition) is 4. The van der Waals surface area contributed by atoms with E-state index < -0.39 is 0 Å². The number of hydrogen-bond donors (Lipinski definition) is 1. The maximum atomic E-state index is 11.7. The summed E-state index contributed by atoms with van der Waals surface area (Å²) in [6, 6.07) is 8.76. The van der Waals surface area contributed by atoms with Crippen molar-refractivity contribution < 1.29 is 9.53 Å². The molecule has 0 fully saturated rings. The predicted octanol–water partition coefficient (Wildman–Crippen LogP) is 2.47. The smallest absolute Gasteiger partial charge is 0.254 e. The molecule has 0 atom stereocenters. The van der Waals surface area contributed by atoms with Gasteiger partial charge in [-0.15, -0.1) is 0 Å². The molecule has 0 saturated carbocycles. The molecule has 1 amide bonds. The molecule has 1 aromatic heterocycles. The second kappa shape index (κ2) is 5.61. The molecule has 104 valence electrons. The van der Waals surface area contributed by atoms with E-state index in [9.17, 15) is 4.79 Å². The third kappa shape index (κ3) is 3.06. The monoisotopic (exact) mass is 271 g/mol. The van der Waals surface area contributed by atoms with Crippen LogP contribution in [0.4, 0.5) is 5.69 Å². The van der Waals surface area contributed by atoms with Gasteiger partial charge in [0, 0.05) is 32.0 Å². The van der Waals surface area contributed by atoms with Gasteiger partial charge >= 0.3 is 0 Å². The molecular weight excluding hydrogens is 254 g/mol. The number of aromatic nitrogens is 1. The van der Waals surface area contributed by atoms with E-state index in [4.69, 9.17) is 10.5 Å². The van der Waals surface area contributed by atoms with Crippen molar-refractivity contribution in [1.29, 1.82) is 0 Å². The number of carbonyl (C=O) groups is 1. The van der Waals surface area contributed by atoms with Crippen LogP contribution < -0.4 is 10.5 Å². The van der Waals surface area contributed by atoms with Gasteiger partial charge in [-0.3, -0.25) is 4.79 Å². The van der Waals surface area contributed by atoms with Crippen LogP contribution in [0.15, 0.2) is 36.5 Å². The van der Waals surface area contributed by atoms with Crippen LogP contribution in [0.5, 0.6) is 11.6 Å². The van der Waals surface area contributed by atoms with Crippen molar-refractivity contribution in [2.75, 3.05) is 19.8 Å². The Bertz CT molecular complexity index is 622. The third-order valence-corrected chi connectivity index (χ3v) is 2.80. The van der Waals surface area contributed by atoms with Gasteiger partial charge < -0.3 is 15.4 Å². The molecule has 0 bridgehead atoms. The molecular formula is C15H17N3O2. The standard InChI is InChI=1S/C15H17N3O2/c1-10-8-12(16)5-6-13(10)20-14-7-4-11(9-17-14)15(19)18(2)3/h4-9H,16H2,1-3H3. The maximum absolute atomic E-state index is 11.7. The Morgan fingerprint density at radius 3 is 2.55 bits per heavy atom.